The normalized spacial score (nSPS) is 19.2. The largest absolute Gasteiger partial charge is 0.456 e. The number of benzene rings is 8. The Morgan fingerprint density at radius 2 is 0.953 bits per heavy atom. The van der Waals surface area contributed by atoms with Gasteiger partial charge in [-0.05, 0) is 77.8 Å². The van der Waals surface area contributed by atoms with Crippen LogP contribution in [-0.4, -0.2) is 0 Å². The van der Waals surface area contributed by atoms with Gasteiger partial charge in [-0.3, -0.25) is 0 Å². The molecule has 0 saturated heterocycles. The molecule has 1 heterocycles. The highest BCUT2D eigenvalue weighted by Crippen LogP contribution is 2.47. The van der Waals surface area contributed by atoms with E-state index in [1.165, 1.54) is 18.2 Å². The summed E-state index contributed by atoms with van der Waals surface area (Å²) in [4.78, 5) is 0. The van der Waals surface area contributed by atoms with Crippen molar-refractivity contribution in [2.45, 2.75) is 0 Å². The van der Waals surface area contributed by atoms with Gasteiger partial charge in [-0.2, -0.15) is 0 Å². The number of rotatable bonds is 3. The molecule has 0 fully saturated rings. The molecule has 0 aliphatic heterocycles. The van der Waals surface area contributed by atoms with E-state index in [-0.39, 0.29) is 33.1 Å². The average Bonchev–Trinajstić information content (AvgIpc) is 3.70. The molecule has 43 heavy (non-hydrogen) atoms. The monoisotopic (exact) mass is 569 g/mol. The first kappa shape index (κ1) is 10.6. The number of hydrogen-bond acceptors (Lipinski definition) is 1. The predicted molar refractivity (Wildman–Crippen MR) is 183 cm³/mol. The third-order valence-corrected chi connectivity index (χ3v) is 7.22. The molecule has 0 N–H and O–H groups in total. The van der Waals surface area contributed by atoms with E-state index in [4.69, 9.17) is 25.0 Å². The highest BCUT2D eigenvalue weighted by molar-refractivity contribution is 6.25. The average molecular weight is 570 g/mol. The van der Waals surface area contributed by atoms with Crippen LogP contribution in [-0.2, 0) is 0 Å². The zero-order valence-corrected chi connectivity index (χ0v) is 21.6. The maximum absolute atomic E-state index is 9.52. The van der Waals surface area contributed by atoms with Gasteiger partial charge >= 0.3 is 0 Å². The minimum absolute atomic E-state index is 0.0212. The van der Waals surface area contributed by atoms with Crippen molar-refractivity contribution in [3.63, 3.8) is 0 Å². The summed E-state index contributed by atoms with van der Waals surface area (Å²) in [6, 6.07) is -14.4. The van der Waals surface area contributed by atoms with E-state index in [9.17, 15) is 11.0 Å². The lowest BCUT2D eigenvalue weighted by molar-refractivity contribution is 0.669. The van der Waals surface area contributed by atoms with Crippen molar-refractivity contribution in [3.8, 4) is 33.4 Å². The summed E-state index contributed by atoms with van der Waals surface area (Å²) in [6.45, 7) is 0. The quantitative estimate of drug-likeness (QED) is 0.193. The fraction of sp³-hybridized carbons (Fsp3) is 0. The standard InChI is InChI=1S/C42H26O/c1-2-13-30-27(11-1)12-9-19-31(30)28-23-25-29(26-24-28)40-32-14-3-5-16-34(32)41(35-17-6-4-15-33(35)40)37-20-10-22-39-42(37)36-18-7-8-21-38(36)43-39/h1-26H/i1D,2D,3D,4D,5D,6D,7D,8D,9D,11D,12D,13D,14D,15D,16D,17D,18D,19D,21D,23D,24D,25D,26D. The molecule has 0 amide bonds. The minimum Gasteiger partial charge on any atom is -0.456 e. The molecule has 9 aromatic rings. The van der Waals surface area contributed by atoms with Gasteiger partial charge in [-0.25, -0.2) is 0 Å². The Hall–Kier alpha value is -5.66. The summed E-state index contributed by atoms with van der Waals surface area (Å²) in [5.41, 5.74) is -3.38. The number of furan rings is 1. The van der Waals surface area contributed by atoms with Crippen molar-refractivity contribution < 1.29 is 35.9 Å². The molecule has 1 heteroatoms. The minimum atomic E-state index is -0.991. The van der Waals surface area contributed by atoms with E-state index in [1.807, 2.05) is 0 Å². The van der Waals surface area contributed by atoms with Crippen LogP contribution in [0.2, 0.25) is 0 Å². The van der Waals surface area contributed by atoms with Gasteiger partial charge in [-0.15, -0.1) is 0 Å². The Morgan fingerprint density at radius 3 is 1.67 bits per heavy atom. The molecular weight excluding hydrogens is 520 g/mol. The summed E-state index contributed by atoms with van der Waals surface area (Å²) >= 11 is 0. The molecule has 0 radical (unpaired) electrons. The van der Waals surface area contributed by atoms with Gasteiger partial charge in [0.15, 0.2) is 0 Å². The zero-order chi connectivity index (χ0) is 48.3. The van der Waals surface area contributed by atoms with Gasteiger partial charge in [0.05, 0.1) is 31.5 Å². The van der Waals surface area contributed by atoms with Crippen molar-refractivity contribution >= 4 is 54.3 Å². The first-order valence-electron chi connectivity index (χ1n) is 24.4. The van der Waals surface area contributed by atoms with Gasteiger partial charge in [0, 0.05) is 10.8 Å². The van der Waals surface area contributed by atoms with Crippen LogP contribution >= 0.6 is 0 Å². The van der Waals surface area contributed by atoms with Crippen LogP contribution < -0.4 is 0 Å². The van der Waals surface area contributed by atoms with Crippen LogP contribution in [0, 0.1) is 0 Å². The second-order valence-corrected chi connectivity index (χ2v) is 9.48. The van der Waals surface area contributed by atoms with Gasteiger partial charge in [0.2, 0.25) is 0 Å². The number of para-hydroxylation sites is 1. The Bertz CT molecular complexity index is 3680. The third-order valence-electron chi connectivity index (χ3n) is 7.22. The predicted octanol–water partition coefficient (Wildman–Crippen LogP) is 12.0. The lowest BCUT2D eigenvalue weighted by atomic mass is 9.84. The van der Waals surface area contributed by atoms with E-state index >= 15 is 0 Å². The Morgan fingerprint density at radius 1 is 0.395 bits per heavy atom. The fourth-order valence-electron chi connectivity index (χ4n) is 5.45. The molecule has 1 aromatic heterocycles. The van der Waals surface area contributed by atoms with Crippen molar-refractivity contribution in [1.29, 1.82) is 0 Å². The summed E-state index contributed by atoms with van der Waals surface area (Å²) in [7, 11) is 0. The SMILES string of the molecule is [2H]c1c([2H])c(-c2c3c([2H])c([2H])c([2H])c([2H])c3c(-c3cccc4oc5c([2H])c([2H])c([2H])c([2H])c5c34)c3c([2H])c([2H])c([2H])c([2H])c23)c([2H])c([2H])c1-c1c([2H])c([2H])c([2H])c2c([2H])c([2H])c([2H])c([2H])c12. The van der Waals surface area contributed by atoms with E-state index in [2.05, 4.69) is 0 Å². The van der Waals surface area contributed by atoms with Crippen LogP contribution in [0.4, 0.5) is 0 Å². The van der Waals surface area contributed by atoms with Crippen LogP contribution in [0.1, 0.15) is 31.5 Å². The maximum atomic E-state index is 9.52. The number of hydrogen-bond donors (Lipinski definition) is 0. The van der Waals surface area contributed by atoms with E-state index < -0.39 is 194 Å². The highest BCUT2D eigenvalue weighted by Gasteiger charge is 2.20. The van der Waals surface area contributed by atoms with Gasteiger partial charge in [-0.1, -0.05) is 145 Å². The molecule has 200 valence electrons. The smallest absolute Gasteiger partial charge is 0.136 e. The van der Waals surface area contributed by atoms with Gasteiger partial charge in [0.1, 0.15) is 11.2 Å². The van der Waals surface area contributed by atoms with Crippen molar-refractivity contribution in [3.05, 3.63) is 157 Å². The molecule has 8 aromatic carbocycles. The topological polar surface area (TPSA) is 13.1 Å². The summed E-state index contributed by atoms with van der Waals surface area (Å²) in [5.74, 6) is 0. The van der Waals surface area contributed by atoms with Crippen LogP contribution in [0.15, 0.2) is 162 Å². The van der Waals surface area contributed by atoms with Crippen LogP contribution in [0.5, 0.6) is 0 Å². The van der Waals surface area contributed by atoms with E-state index in [0.29, 0.717) is 0 Å². The molecule has 0 spiro atoms. The highest BCUT2D eigenvalue weighted by atomic mass is 16.3. The zero-order valence-electron chi connectivity index (χ0n) is 44.6. The molecule has 0 unspecified atom stereocenters. The second kappa shape index (κ2) is 9.44. The second-order valence-electron chi connectivity index (χ2n) is 9.48. The Kier molecular flexibility index (Phi) is 2.32. The first-order valence-corrected chi connectivity index (χ1v) is 12.9. The molecule has 0 atom stereocenters. The lowest BCUT2D eigenvalue weighted by Crippen LogP contribution is -1.91. The first-order chi connectivity index (χ1) is 30.9. The molecule has 0 aliphatic rings. The van der Waals surface area contributed by atoms with Crippen molar-refractivity contribution in [2.24, 2.45) is 0 Å². The molecule has 0 bridgehead atoms. The maximum Gasteiger partial charge on any atom is 0.136 e. The molecule has 9 rings (SSSR count). The van der Waals surface area contributed by atoms with E-state index in [0.717, 1.165) is 0 Å². The third kappa shape index (κ3) is 3.65. The van der Waals surface area contributed by atoms with Crippen LogP contribution in [0.3, 0.4) is 0 Å². The summed E-state index contributed by atoms with van der Waals surface area (Å²) in [5, 5.41) is -3.23. The fourth-order valence-corrected chi connectivity index (χ4v) is 5.45. The Labute approximate surface area is 281 Å². The van der Waals surface area contributed by atoms with Crippen LogP contribution in [0.25, 0.3) is 87.6 Å². The van der Waals surface area contributed by atoms with Gasteiger partial charge < -0.3 is 4.42 Å². The molecule has 0 aliphatic carbocycles. The van der Waals surface area contributed by atoms with E-state index in [1.54, 1.807) is 0 Å². The summed E-state index contributed by atoms with van der Waals surface area (Å²) < 4.78 is 210. The van der Waals surface area contributed by atoms with Crippen molar-refractivity contribution in [1.82, 2.24) is 0 Å². The molecule has 0 saturated carbocycles. The van der Waals surface area contributed by atoms with Gasteiger partial charge in [0.25, 0.3) is 0 Å². The molecule has 1 nitrogen and oxygen atoms in total. The Balaban J connectivity index is 1.56. The number of fused-ring (bicyclic) bond motifs is 6. The molecular formula is C42H26O. The summed E-state index contributed by atoms with van der Waals surface area (Å²) in [6.07, 6.45) is 0. The van der Waals surface area contributed by atoms with Crippen molar-refractivity contribution in [2.75, 3.05) is 0 Å². The lowest BCUT2D eigenvalue weighted by Gasteiger charge is -2.18.